The van der Waals surface area contributed by atoms with Crippen LogP contribution in [0.25, 0.3) is 11.3 Å². The van der Waals surface area contributed by atoms with Crippen molar-refractivity contribution >= 4 is 44.4 Å². The van der Waals surface area contributed by atoms with Gasteiger partial charge in [-0.2, -0.15) is 0 Å². The molecule has 0 aliphatic carbocycles. The minimum Gasteiger partial charge on any atom is -0.322 e. The zero-order valence-electron chi connectivity index (χ0n) is 14.3. The fourth-order valence-electron chi connectivity index (χ4n) is 2.40. The molecule has 0 atom stereocenters. The van der Waals surface area contributed by atoms with Gasteiger partial charge >= 0.3 is 0 Å². The SMILES string of the molecule is Cc1nc(-c2cc(NC(=O)c3ccc(S(C)(=O)=O)cc3F)ccc2Cl)cs1. The molecule has 2 aromatic carbocycles. The molecule has 0 saturated heterocycles. The fraction of sp³-hybridized carbons (Fsp3) is 0.111. The van der Waals surface area contributed by atoms with E-state index in [4.69, 9.17) is 11.6 Å². The number of nitrogens with one attached hydrogen (secondary N) is 1. The smallest absolute Gasteiger partial charge is 0.258 e. The summed E-state index contributed by atoms with van der Waals surface area (Å²) >= 11 is 7.69. The number of anilines is 1. The summed E-state index contributed by atoms with van der Waals surface area (Å²) in [7, 11) is -3.56. The molecule has 1 aromatic heterocycles. The molecule has 0 radical (unpaired) electrons. The molecule has 27 heavy (non-hydrogen) atoms. The highest BCUT2D eigenvalue weighted by atomic mass is 35.5. The molecule has 0 spiro atoms. The second-order valence-corrected chi connectivity index (χ2v) is 9.30. The summed E-state index contributed by atoms with van der Waals surface area (Å²) in [5, 5.41) is 5.80. The summed E-state index contributed by atoms with van der Waals surface area (Å²) in [5.74, 6) is -1.62. The van der Waals surface area contributed by atoms with Crippen LogP contribution in [0.1, 0.15) is 15.4 Å². The van der Waals surface area contributed by atoms with Crippen molar-refractivity contribution in [1.29, 1.82) is 0 Å². The maximum absolute atomic E-state index is 14.2. The third-order valence-electron chi connectivity index (χ3n) is 3.73. The van der Waals surface area contributed by atoms with Crippen molar-refractivity contribution < 1.29 is 17.6 Å². The molecular formula is C18H14ClFN2O3S2. The average Bonchev–Trinajstić information content (AvgIpc) is 3.01. The molecule has 3 aromatic rings. The number of carbonyl (C=O) groups excluding carboxylic acids is 1. The number of thiazole rings is 1. The number of sulfone groups is 1. The summed E-state index contributed by atoms with van der Waals surface area (Å²) in [6.07, 6.45) is 0.969. The van der Waals surface area contributed by atoms with Crippen LogP contribution in [0, 0.1) is 12.7 Å². The molecule has 0 bridgehead atoms. The van der Waals surface area contributed by atoms with Gasteiger partial charge in [0.05, 0.1) is 26.2 Å². The Bertz CT molecular complexity index is 1140. The van der Waals surface area contributed by atoms with Gasteiger partial charge in [0.25, 0.3) is 5.91 Å². The summed E-state index contributed by atoms with van der Waals surface area (Å²) in [6.45, 7) is 1.87. The average molecular weight is 425 g/mol. The fourth-order valence-corrected chi connectivity index (χ4v) is 3.86. The number of hydrogen-bond acceptors (Lipinski definition) is 5. The van der Waals surface area contributed by atoms with Gasteiger partial charge in [-0.3, -0.25) is 4.79 Å². The minimum atomic E-state index is -3.56. The largest absolute Gasteiger partial charge is 0.322 e. The number of nitrogens with zero attached hydrogens (tertiary/aromatic N) is 1. The van der Waals surface area contributed by atoms with Crippen LogP contribution in [0.4, 0.5) is 10.1 Å². The van der Waals surface area contributed by atoms with Crippen LogP contribution in [-0.4, -0.2) is 25.6 Å². The van der Waals surface area contributed by atoms with Gasteiger partial charge in [-0.1, -0.05) is 11.6 Å². The Balaban J connectivity index is 1.89. The standard InChI is InChI=1S/C18H14ClFN2O3S2/c1-10-21-17(9-26-10)14-7-11(3-6-15(14)19)22-18(23)13-5-4-12(8-16(13)20)27(2,24)25/h3-9H,1-2H3,(H,22,23). The molecule has 0 aliphatic rings. The third kappa shape index (κ3) is 4.35. The van der Waals surface area contributed by atoms with Crippen LogP contribution in [0.3, 0.4) is 0 Å². The van der Waals surface area contributed by atoms with Crippen LogP contribution >= 0.6 is 22.9 Å². The van der Waals surface area contributed by atoms with E-state index in [1.807, 2.05) is 12.3 Å². The van der Waals surface area contributed by atoms with Crippen LogP contribution < -0.4 is 5.32 Å². The van der Waals surface area contributed by atoms with Crippen molar-refractivity contribution in [2.45, 2.75) is 11.8 Å². The molecule has 140 valence electrons. The molecular weight excluding hydrogens is 411 g/mol. The quantitative estimate of drug-likeness (QED) is 0.665. The Kier molecular flexibility index (Phi) is 5.32. The topological polar surface area (TPSA) is 76.1 Å². The molecule has 0 fully saturated rings. The number of rotatable bonds is 4. The molecule has 9 heteroatoms. The number of carbonyl (C=O) groups is 1. The van der Waals surface area contributed by atoms with Gasteiger partial charge in [0.15, 0.2) is 9.84 Å². The maximum Gasteiger partial charge on any atom is 0.258 e. The second-order valence-electron chi connectivity index (χ2n) is 5.81. The molecule has 1 amide bonds. The molecule has 1 N–H and O–H groups in total. The predicted molar refractivity (Wildman–Crippen MR) is 105 cm³/mol. The van der Waals surface area contributed by atoms with Crippen molar-refractivity contribution in [1.82, 2.24) is 4.98 Å². The van der Waals surface area contributed by atoms with E-state index >= 15 is 0 Å². The van der Waals surface area contributed by atoms with Crippen molar-refractivity contribution in [3.05, 3.63) is 63.2 Å². The molecule has 0 aliphatic heterocycles. The van der Waals surface area contributed by atoms with E-state index < -0.39 is 21.6 Å². The summed E-state index contributed by atoms with van der Waals surface area (Å²) in [5.41, 5.74) is 1.48. The van der Waals surface area contributed by atoms with Gasteiger partial charge < -0.3 is 5.32 Å². The van der Waals surface area contributed by atoms with E-state index in [1.165, 1.54) is 17.4 Å². The number of amides is 1. The van der Waals surface area contributed by atoms with Crippen LogP contribution in [-0.2, 0) is 9.84 Å². The van der Waals surface area contributed by atoms with Crippen molar-refractivity contribution in [2.24, 2.45) is 0 Å². The second kappa shape index (κ2) is 7.38. The summed E-state index contributed by atoms with van der Waals surface area (Å²) < 4.78 is 37.1. The first-order valence-electron chi connectivity index (χ1n) is 7.68. The number of aryl methyl sites for hydroxylation is 1. The van der Waals surface area contributed by atoms with Crippen LogP contribution in [0.5, 0.6) is 0 Å². The maximum atomic E-state index is 14.2. The van der Waals surface area contributed by atoms with E-state index in [0.717, 1.165) is 23.4 Å². The Labute approximate surface area is 164 Å². The first-order chi connectivity index (χ1) is 12.6. The van der Waals surface area contributed by atoms with E-state index in [2.05, 4.69) is 10.3 Å². The zero-order valence-corrected chi connectivity index (χ0v) is 16.7. The van der Waals surface area contributed by atoms with Gasteiger partial charge in [0.2, 0.25) is 0 Å². The lowest BCUT2D eigenvalue weighted by Gasteiger charge is -2.09. The van der Waals surface area contributed by atoms with Crippen LogP contribution in [0.15, 0.2) is 46.7 Å². The van der Waals surface area contributed by atoms with Crippen molar-refractivity contribution in [3.63, 3.8) is 0 Å². The summed E-state index contributed by atoms with van der Waals surface area (Å²) in [4.78, 5) is 16.6. The van der Waals surface area contributed by atoms with E-state index in [-0.39, 0.29) is 10.5 Å². The summed E-state index contributed by atoms with van der Waals surface area (Å²) in [6, 6.07) is 8.02. The number of aromatic nitrogens is 1. The van der Waals surface area contributed by atoms with Gasteiger partial charge in [-0.05, 0) is 43.3 Å². The zero-order chi connectivity index (χ0) is 19.8. The normalized spacial score (nSPS) is 11.4. The monoisotopic (exact) mass is 424 g/mol. The molecule has 0 saturated carbocycles. The predicted octanol–water partition coefficient (Wildman–Crippen LogP) is 4.57. The highest BCUT2D eigenvalue weighted by Crippen LogP contribution is 2.31. The number of hydrogen-bond donors (Lipinski definition) is 1. The van der Waals surface area contributed by atoms with E-state index in [9.17, 15) is 17.6 Å². The lowest BCUT2D eigenvalue weighted by molar-refractivity contribution is 0.102. The van der Waals surface area contributed by atoms with Gasteiger partial charge in [-0.25, -0.2) is 17.8 Å². The van der Waals surface area contributed by atoms with Crippen molar-refractivity contribution in [2.75, 3.05) is 11.6 Å². The van der Waals surface area contributed by atoms with E-state index in [0.29, 0.717) is 22.0 Å². The Hall–Kier alpha value is -2.29. The van der Waals surface area contributed by atoms with Gasteiger partial charge in [0, 0.05) is 22.9 Å². The molecule has 1 heterocycles. The lowest BCUT2D eigenvalue weighted by atomic mass is 10.1. The highest BCUT2D eigenvalue weighted by Gasteiger charge is 2.17. The van der Waals surface area contributed by atoms with Crippen molar-refractivity contribution in [3.8, 4) is 11.3 Å². The Morgan fingerprint density at radius 2 is 1.96 bits per heavy atom. The first-order valence-corrected chi connectivity index (χ1v) is 10.8. The first kappa shape index (κ1) is 19.5. The minimum absolute atomic E-state index is 0.191. The lowest BCUT2D eigenvalue weighted by Crippen LogP contribution is -2.14. The molecule has 0 unspecified atom stereocenters. The molecule has 5 nitrogen and oxygen atoms in total. The molecule has 3 rings (SSSR count). The number of halogens is 2. The third-order valence-corrected chi connectivity index (χ3v) is 5.95. The van der Waals surface area contributed by atoms with E-state index in [1.54, 1.807) is 18.2 Å². The number of benzene rings is 2. The Morgan fingerprint density at radius 1 is 1.22 bits per heavy atom. The van der Waals surface area contributed by atoms with Gasteiger partial charge in [-0.15, -0.1) is 11.3 Å². The Morgan fingerprint density at radius 3 is 2.56 bits per heavy atom. The van der Waals surface area contributed by atoms with Crippen LogP contribution in [0.2, 0.25) is 5.02 Å². The van der Waals surface area contributed by atoms with Gasteiger partial charge in [0.1, 0.15) is 5.82 Å². The highest BCUT2D eigenvalue weighted by molar-refractivity contribution is 7.90.